The van der Waals surface area contributed by atoms with Gasteiger partial charge in [0.05, 0.1) is 24.3 Å². The Morgan fingerprint density at radius 2 is 1.81 bits per heavy atom. The molecule has 4 atom stereocenters. The van der Waals surface area contributed by atoms with E-state index in [2.05, 4.69) is 4.98 Å². The zero-order chi connectivity index (χ0) is 22.2. The SMILES string of the molecule is CCCOc1cc(C)ccc1O[C@H]1C[C@H]2CC[C@@H](C1)[N+]2([O-])c1ccc(C(F)(F)F)cn1. The van der Waals surface area contributed by atoms with Gasteiger partial charge in [-0.2, -0.15) is 13.2 Å². The van der Waals surface area contributed by atoms with Gasteiger partial charge in [-0.15, -0.1) is 0 Å². The van der Waals surface area contributed by atoms with Crippen molar-refractivity contribution in [3.63, 3.8) is 0 Å². The number of alkyl halides is 3. The van der Waals surface area contributed by atoms with Crippen LogP contribution < -0.4 is 14.1 Å². The lowest BCUT2D eigenvalue weighted by atomic mass is 9.98. The molecule has 2 aliphatic rings. The Labute approximate surface area is 180 Å². The van der Waals surface area contributed by atoms with E-state index in [9.17, 15) is 18.4 Å². The van der Waals surface area contributed by atoms with Crippen molar-refractivity contribution < 1.29 is 22.6 Å². The maximum atomic E-state index is 13.8. The fourth-order valence-corrected chi connectivity index (χ4v) is 4.77. The highest BCUT2D eigenvalue weighted by Crippen LogP contribution is 2.46. The third-order valence-electron chi connectivity index (χ3n) is 6.28. The normalized spacial score (nSPS) is 27.9. The minimum atomic E-state index is -4.47. The van der Waals surface area contributed by atoms with E-state index < -0.39 is 16.4 Å². The summed E-state index contributed by atoms with van der Waals surface area (Å²) < 4.78 is 50.0. The molecule has 31 heavy (non-hydrogen) atoms. The first kappa shape index (κ1) is 21.9. The molecule has 3 heterocycles. The zero-order valence-corrected chi connectivity index (χ0v) is 17.7. The number of nitrogens with zero attached hydrogens (tertiary/aromatic N) is 2. The Kier molecular flexibility index (Phi) is 5.87. The molecule has 0 N–H and O–H groups in total. The fraction of sp³-hybridized carbons (Fsp3) is 0.522. The van der Waals surface area contributed by atoms with E-state index in [0.717, 1.165) is 24.2 Å². The molecule has 0 radical (unpaired) electrons. The van der Waals surface area contributed by atoms with E-state index in [0.29, 0.717) is 43.8 Å². The number of ether oxygens (including phenoxy) is 2. The van der Waals surface area contributed by atoms with Gasteiger partial charge in [0.2, 0.25) is 5.82 Å². The molecule has 168 valence electrons. The van der Waals surface area contributed by atoms with Crippen LogP contribution in [0.3, 0.4) is 0 Å². The molecule has 0 spiro atoms. The van der Waals surface area contributed by atoms with Crippen molar-refractivity contribution in [2.45, 2.75) is 70.3 Å². The standard InChI is InChI=1S/C23H27F3N2O3/c1-3-10-30-21-11-15(2)4-8-20(21)31-19-12-17-6-7-18(13-19)28(17,29)22-9-5-16(14-27-22)23(24,25)26/h4-5,8-9,11,14,17-19H,3,6-7,10,12-13H2,1-2H3/t17-,18+,19+,28?. The van der Waals surface area contributed by atoms with Gasteiger partial charge >= 0.3 is 6.18 Å². The van der Waals surface area contributed by atoms with Crippen LogP contribution in [0.4, 0.5) is 19.0 Å². The summed E-state index contributed by atoms with van der Waals surface area (Å²) in [7, 11) is 0. The molecule has 8 heteroatoms. The molecule has 4 rings (SSSR count). The topological polar surface area (TPSA) is 54.4 Å². The fourth-order valence-electron chi connectivity index (χ4n) is 4.77. The quantitative estimate of drug-likeness (QED) is 0.426. The number of hydroxylamine groups is 2. The van der Waals surface area contributed by atoms with Crippen LogP contribution in [0.15, 0.2) is 36.5 Å². The van der Waals surface area contributed by atoms with Gasteiger partial charge in [0.1, 0.15) is 6.10 Å². The number of hydrogen-bond donors (Lipinski definition) is 0. The summed E-state index contributed by atoms with van der Waals surface area (Å²) in [6, 6.07) is 7.43. The van der Waals surface area contributed by atoms with Gasteiger partial charge in [-0.3, -0.25) is 0 Å². The number of aromatic nitrogens is 1. The predicted molar refractivity (Wildman–Crippen MR) is 112 cm³/mol. The summed E-state index contributed by atoms with van der Waals surface area (Å²) in [6.07, 6.45) is -0.471. The van der Waals surface area contributed by atoms with Gasteiger partial charge in [-0.25, -0.2) is 4.98 Å². The highest BCUT2D eigenvalue weighted by atomic mass is 19.4. The first-order valence-electron chi connectivity index (χ1n) is 10.7. The summed E-state index contributed by atoms with van der Waals surface area (Å²) in [4.78, 5) is 3.93. The second-order valence-electron chi connectivity index (χ2n) is 8.51. The van der Waals surface area contributed by atoms with Crippen molar-refractivity contribution in [3.8, 4) is 11.5 Å². The lowest BCUT2D eigenvalue weighted by molar-refractivity contribution is -0.137. The number of hydrogen-bond acceptors (Lipinski definition) is 4. The molecule has 2 bridgehead atoms. The van der Waals surface area contributed by atoms with E-state index >= 15 is 0 Å². The second kappa shape index (κ2) is 8.31. The minimum absolute atomic E-state index is 0.140. The molecule has 2 aromatic rings. The van der Waals surface area contributed by atoms with Gasteiger partial charge in [0.15, 0.2) is 11.5 Å². The van der Waals surface area contributed by atoms with Crippen LogP contribution in [-0.4, -0.2) is 29.8 Å². The average molecular weight is 436 g/mol. The highest BCUT2D eigenvalue weighted by molar-refractivity contribution is 5.44. The molecule has 1 aromatic carbocycles. The predicted octanol–water partition coefficient (Wildman–Crippen LogP) is 5.78. The molecule has 5 nitrogen and oxygen atoms in total. The minimum Gasteiger partial charge on any atom is -0.626 e. The molecular formula is C23H27F3N2O3. The Hall–Kier alpha value is -2.32. The Balaban J connectivity index is 1.51. The van der Waals surface area contributed by atoms with E-state index in [4.69, 9.17) is 9.47 Å². The van der Waals surface area contributed by atoms with Crippen LogP contribution in [0.2, 0.25) is 0 Å². The van der Waals surface area contributed by atoms with Crippen molar-refractivity contribution in [3.05, 3.63) is 52.9 Å². The first-order chi connectivity index (χ1) is 14.7. The Bertz CT molecular complexity index is 903. The third-order valence-corrected chi connectivity index (χ3v) is 6.28. The highest BCUT2D eigenvalue weighted by Gasteiger charge is 2.52. The number of rotatable bonds is 6. The molecule has 0 aliphatic carbocycles. The third kappa shape index (κ3) is 4.23. The summed E-state index contributed by atoms with van der Waals surface area (Å²) in [5.74, 6) is 1.52. The molecule has 0 amide bonds. The number of piperidine rings is 1. The second-order valence-corrected chi connectivity index (χ2v) is 8.51. The average Bonchev–Trinajstić information content (AvgIpc) is 2.90. The van der Waals surface area contributed by atoms with Crippen LogP contribution in [-0.2, 0) is 6.18 Å². The lowest BCUT2D eigenvalue weighted by Gasteiger charge is -2.51. The van der Waals surface area contributed by atoms with Crippen LogP contribution in [0.1, 0.15) is 50.2 Å². The lowest BCUT2D eigenvalue weighted by Crippen LogP contribution is -2.59. The molecule has 0 saturated carbocycles. The summed E-state index contributed by atoms with van der Waals surface area (Å²) in [5.41, 5.74) is 0.234. The summed E-state index contributed by atoms with van der Waals surface area (Å²) in [5, 5.41) is 13.8. The van der Waals surface area contributed by atoms with Gasteiger partial charge in [0.25, 0.3) is 0 Å². The summed E-state index contributed by atoms with van der Waals surface area (Å²) >= 11 is 0. The largest absolute Gasteiger partial charge is 0.626 e. The van der Waals surface area contributed by atoms with E-state index in [1.54, 1.807) is 0 Å². The first-order valence-corrected chi connectivity index (χ1v) is 10.7. The number of halogens is 3. The van der Waals surface area contributed by atoms with Crippen molar-refractivity contribution in [2.75, 3.05) is 6.61 Å². The molecule has 1 aromatic heterocycles. The molecule has 1 unspecified atom stereocenters. The number of aryl methyl sites for hydroxylation is 1. The number of fused-ring (bicyclic) bond motifs is 2. The smallest absolute Gasteiger partial charge is 0.417 e. The molecular weight excluding hydrogens is 409 g/mol. The van der Waals surface area contributed by atoms with Gasteiger partial charge in [-0.1, -0.05) is 13.0 Å². The van der Waals surface area contributed by atoms with Crippen molar-refractivity contribution in [1.82, 2.24) is 9.63 Å². The van der Waals surface area contributed by atoms with E-state index in [-0.39, 0.29) is 24.0 Å². The number of quaternary nitrogens is 1. The van der Waals surface area contributed by atoms with Crippen LogP contribution in [0.25, 0.3) is 0 Å². The maximum Gasteiger partial charge on any atom is 0.417 e. The van der Waals surface area contributed by atoms with Gasteiger partial charge in [0, 0.05) is 37.9 Å². The van der Waals surface area contributed by atoms with Gasteiger partial charge in [-0.05, 0) is 37.1 Å². The number of pyridine rings is 1. The molecule has 2 aliphatic heterocycles. The Morgan fingerprint density at radius 3 is 2.39 bits per heavy atom. The van der Waals surface area contributed by atoms with Crippen molar-refractivity contribution >= 4 is 5.82 Å². The van der Waals surface area contributed by atoms with Crippen LogP contribution >= 0.6 is 0 Å². The Morgan fingerprint density at radius 1 is 1.10 bits per heavy atom. The van der Waals surface area contributed by atoms with Crippen molar-refractivity contribution in [2.24, 2.45) is 0 Å². The monoisotopic (exact) mass is 436 g/mol. The van der Waals surface area contributed by atoms with E-state index in [1.807, 2.05) is 32.0 Å². The summed E-state index contributed by atoms with van der Waals surface area (Å²) in [6.45, 7) is 4.62. The van der Waals surface area contributed by atoms with Crippen LogP contribution in [0, 0.1) is 12.1 Å². The van der Waals surface area contributed by atoms with Crippen molar-refractivity contribution in [1.29, 1.82) is 0 Å². The van der Waals surface area contributed by atoms with E-state index in [1.165, 1.54) is 6.07 Å². The van der Waals surface area contributed by atoms with Crippen LogP contribution in [0.5, 0.6) is 11.5 Å². The number of benzene rings is 1. The molecule has 2 fully saturated rings. The van der Waals surface area contributed by atoms with Gasteiger partial charge < -0.3 is 19.3 Å². The molecule has 2 saturated heterocycles. The zero-order valence-electron chi connectivity index (χ0n) is 17.7. The maximum absolute atomic E-state index is 13.8.